The van der Waals surface area contributed by atoms with Gasteiger partial charge in [0.1, 0.15) is 0 Å². The maximum atomic E-state index is 6.22. The van der Waals surface area contributed by atoms with Gasteiger partial charge in [-0.25, -0.2) is 0 Å². The highest BCUT2D eigenvalue weighted by Gasteiger charge is 2.07. The van der Waals surface area contributed by atoms with Crippen LogP contribution in [0.2, 0.25) is 0 Å². The second-order valence-corrected chi connectivity index (χ2v) is 4.40. The molecule has 1 heteroatoms. The van der Waals surface area contributed by atoms with E-state index in [-0.39, 0.29) is 0 Å². The summed E-state index contributed by atoms with van der Waals surface area (Å²) in [7, 11) is 0. The van der Waals surface area contributed by atoms with Crippen molar-refractivity contribution in [3.63, 3.8) is 0 Å². The molecule has 0 atom stereocenters. The lowest BCUT2D eigenvalue weighted by molar-refractivity contribution is 1.12. The van der Waals surface area contributed by atoms with E-state index in [1.807, 2.05) is 0 Å². The van der Waals surface area contributed by atoms with Crippen molar-refractivity contribution in [1.29, 1.82) is 0 Å². The van der Waals surface area contributed by atoms with Gasteiger partial charge in [0.25, 0.3) is 0 Å². The molecule has 0 saturated carbocycles. The van der Waals surface area contributed by atoms with Gasteiger partial charge in [-0.2, -0.15) is 0 Å². The first kappa shape index (κ1) is 9.46. The van der Waals surface area contributed by atoms with E-state index >= 15 is 0 Å². The predicted octanol–water partition coefficient (Wildman–Crippen LogP) is 2.09. The molecule has 0 radical (unpaired) electrons. The number of nitrogen functional groups attached to an aromatic ring is 1. The van der Waals surface area contributed by atoms with Crippen LogP contribution in [0.3, 0.4) is 0 Å². The second kappa shape index (κ2) is 3.38. The summed E-state index contributed by atoms with van der Waals surface area (Å²) in [6.07, 6.45) is 6.81. The SMILES string of the molecule is Cc1c(N)c2c(c3ccccc13)=CCCC=2. The van der Waals surface area contributed by atoms with Gasteiger partial charge in [0.15, 0.2) is 0 Å². The highest BCUT2D eigenvalue weighted by atomic mass is 14.6. The lowest BCUT2D eigenvalue weighted by Crippen LogP contribution is -2.31. The number of benzene rings is 2. The maximum Gasteiger partial charge on any atom is 0.0426 e. The van der Waals surface area contributed by atoms with Crippen LogP contribution >= 0.6 is 0 Å². The van der Waals surface area contributed by atoms with Gasteiger partial charge in [-0.3, -0.25) is 0 Å². The summed E-state index contributed by atoms with van der Waals surface area (Å²) in [5.41, 5.74) is 8.38. The van der Waals surface area contributed by atoms with Crippen LogP contribution in [0.1, 0.15) is 18.4 Å². The van der Waals surface area contributed by atoms with E-state index in [9.17, 15) is 0 Å². The van der Waals surface area contributed by atoms with Gasteiger partial charge in [0.05, 0.1) is 0 Å². The first-order valence-corrected chi connectivity index (χ1v) is 5.76. The molecule has 0 fully saturated rings. The molecule has 0 spiro atoms. The van der Waals surface area contributed by atoms with E-state index < -0.39 is 0 Å². The fourth-order valence-electron chi connectivity index (χ4n) is 2.58. The smallest absolute Gasteiger partial charge is 0.0426 e. The lowest BCUT2D eigenvalue weighted by Gasteiger charge is -2.11. The van der Waals surface area contributed by atoms with E-state index in [2.05, 4.69) is 43.3 Å². The van der Waals surface area contributed by atoms with Crippen molar-refractivity contribution in [2.24, 2.45) is 0 Å². The zero-order valence-corrected chi connectivity index (χ0v) is 9.46. The van der Waals surface area contributed by atoms with Crippen molar-refractivity contribution in [3.8, 4) is 0 Å². The maximum absolute atomic E-state index is 6.22. The Kier molecular flexibility index (Phi) is 2.00. The third-order valence-electron chi connectivity index (χ3n) is 3.47. The van der Waals surface area contributed by atoms with Crippen molar-refractivity contribution >= 4 is 28.6 Å². The molecule has 0 bridgehead atoms. The Morgan fingerprint density at radius 3 is 2.31 bits per heavy atom. The molecule has 0 saturated heterocycles. The third-order valence-corrected chi connectivity index (χ3v) is 3.47. The van der Waals surface area contributed by atoms with Crippen LogP contribution in [-0.2, 0) is 0 Å². The van der Waals surface area contributed by atoms with Crippen molar-refractivity contribution in [2.75, 3.05) is 5.73 Å². The van der Waals surface area contributed by atoms with Crippen LogP contribution < -0.4 is 16.2 Å². The molecule has 2 aromatic carbocycles. The Morgan fingerprint density at radius 1 is 0.938 bits per heavy atom. The van der Waals surface area contributed by atoms with Crippen molar-refractivity contribution in [2.45, 2.75) is 19.8 Å². The van der Waals surface area contributed by atoms with E-state index in [0.717, 1.165) is 18.5 Å². The number of hydrogen-bond donors (Lipinski definition) is 1. The Bertz CT molecular complexity index is 681. The second-order valence-electron chi connectivity index (χ2n) is 4.40. The van der Waals surface area contributed by atoms with Crippen LogP contribution in [0.5, 0.6) is 0 Å². The molecule has 2 aromatic rings. The topological polar surface area (TPSA) is 26.0 Å². The summed E-state index contributed by atoms with van der Waals surface area (Å²) < 4.78 is 0. The highest BCUT2D eigenvalue weighted by molar-refractivity contribution is 5.91. The number of rotatable bonds is 0. The number of hydrogen-bond acceptors (Lipinski definition) is 1. The standard InChI is InChI=1S/C15H15N/c1-10-11-6-2-3-7-12(11)13-8-4-5-9-14(13)15(10)16/h2-3,6-9H,4-5,16H2,1H3. The molecule has 16 heavy (non-hydrogen) atoms. The number of aryl methyl sites for hydroxylation is 1. The average Bonchev–Trinajstić information content (AvgIpc) is 2.36. The lowest BCUT2D eigenvalue weighted by atomic mass is 9.96. The molecule has 80 valence electrons. The Labute approximate surface area is 94.9 Å². The van der Waals surface area contributed by atoms with Gasteiger partial charge in [-0.15, -0.1) is 0 Å². The van der Waals surface area contributed by atoms with Gasteiger partial charge in [-0.05, 0) is 41.3 Å². The minimum Gasteiger partial charge on any atom is -0.398 e. The normalized spacial score (nSPS) is 14.1. The molecule has 0 aliphatic heterocycles. The largest absolute Gasteiger partial charge is 0.398 e. The van der Waals surface area contributed by atoms with Crippen LogP contribution in [0.15, 0.2) is 24.3 Å². The first-order chi connectivity index (χ1) is 7.79. The van der Waals surface area contributed by atoms with Gasteiger partial charge >= 0.3 is 0 Å². The summed E-state index contributed by atoms with van der Waals surface area (Å²) in [4.78, 5) is 0. The molecule has 0 aromatic heterocycles. The quantitative estimate of drug-likeness (QED) is 0.661. The van der Waals surface area contributed by atoms with Crippen molar-refractivity contribution in [1.82, 2.24) is 0 Å². The fraction of sp³-hybridized carbons (Fsp3) is 0.200. The average molecular weight is 209 g/mol. The zero-order valence-electron chi connectivity index (χ0n) is 9.46. The van der Waals surface area contributed by atoms with E-state index in [4.69, 9.17) is 5.73 Å². The molecule has 1 aliphatic carbocycles. The number of anilines is 1. The predicted molar refractivity (Wildman–Crippen MR) is 70.5 cm³/mol. The first-order valence-electron chi connectivity index (χ1n) is 5.76. The molecule has 0 unspecified atom stereocenters. The minimum absolute atomic E-state index is 0.949. The third kappa shape index (κ3) is 1.18. The summed E-state index contributed by atoms with van der Waals surface area (Å²) in [5.74, 6) is 0. The van der Waals surface area contributed by atoms with E-state index in [1.54, 1.807) is 0 Å². The van der Waals surface area contributed by atoms with E-state index in [1.165, 1.54) is 26.8 Å². The molecular formula is C15H15N. The van der Waals surface area contributed by atoms with Crippen LogP contribution in [-0.4, -0.2) is 0 Å². The van der Waals surface area contributed by atoms with Gasteiger partial charge in [-0.1, -0.05) is 36.4 Å². The summed E-state index contributed by atoms with van der Waals surface area (Å²) in [5, 5.41) is 5.18. The molecule has 3 rings (SSSR count). The Hall–Kier alpha value is -1.76. The molecule has 1 aliphatic rings. The molecule has 1 nitrogen and oxygen atoms in total. The van der Waals surface area contributed by atoms with Gasteiger partial charge < -0.3 is 5.73 Å². The van der Waals surface area contributed by atoms with Crippen molar-refractivity contribution < 1.29 is 0 Å². The molecule has 2 N–H and O–H groups in total. The van der Waals surface area contributed by atoms with Crippen molar-refractivity contribution in [3.05, 3.63) is 40.3 Å². The Morgan fingerprint density at radius 2 is 1.56 bits per heavy atom. The van der Waals surface area contributed by atoms with Gasteiger partial charge in [0.2, 0.25) is 0 Å². The van der Waals surface area contributed by atoms with Crippen LogP contribution in [0, 0.1) is 6.92 Å². The summed E-state index contributed by atoms with van der Waals surface area (Å²) in [6.45, 7) is 2.11. The number of fused-ring (bicyclic) bond motifs is 3. The number of nitrogens with two attached hydrogens (primary N) is 1. The monoisotopic (exact) mass is 209 g/mol. The molecule has 0 amide bonds. The summed E-state index contributed by atoms with van der Waals surface area (Å²) >= 11 is 0. The Balaban J connectivity index is 2.68. The van der Waals surface area contributed by atoms with Crippen LogP contribution in [0.4, 0.5) is 5.69 Å². The minimum atomic E-state index is 0.949. The highest BCUT2D eigenvalue weighted by Crippen LogP contribution is 2.18. The zero-order chi connectivity index (χ0) is 11.1. The van der Waals surface area contributed by atoms with Gasteiger partial charge in [0, 0.05) is 10.9 Å². The van der Waals surface area contributed by atoms with Crippen LogP contribution in [0.25, 0.3) is 22.9 Å². The fourth-order valence-corrected chi connectivity index (χ4v) is 2.58. The molecular weight excluding hydrogens is 194 g/mol. The van der Waals surface area contributed by atoms with E-state index in [0.29, 0.717) is 0 Å². The summed E-state index contributed by atoms with van der Waals surface area (Å²) in [6, 6.07) is 8.52. The molecule has 0 heterocycles.